The number of carbonyl (C=O) groups is 3. The van der Waals surface area contributed by atoms with Gasteiger partial charge in [-0.15, -0.1) is 0 Å². The zero-order valence-corrected chi connectivity index (χ0v) is 21.2. The number of fused-ring (bicyclic) bond motifs is 1. The van der Waals surface area contributed by atoms with Gasteiger partial charge in [0, 0.05) is 18.0 Å². The molecule has 0 bridgehead atoms. The van der Waals surface area contributed by atoms with E-state index in [9.17, 15) is 14.4 Å². The maximum atomic E-state index is 13.7. The van der Waals surface area contributed by atoms with Crippen molar-refractivity contribution in [3.05, 3.63) is 69.7 Å². The highest BCUT2D eigenvalue weighted by Crippen LogP contribution is 2.43. The molecular weight excluding hydrogens is 474 g/mol. The Bertz CT molecular complexity index is 1220. The first-order valence-corrected chi connectivity index (χ1v) is 13.6. The molecule has 3 aliphatic carbocycles. The molecule has 3 amide bonds. The second-order valence-corrected chi connectivity index (χ2v) is 11.3. The lowest BCUT2D eigenvalue weighted by atomic mass is 9.81. The molecule has 6 nitrogen and oxygen atoms in total. The fraction of sp³-hybridized carbons (Fsp3) is 0.483. The number of nitrogens with one attached hydrogen (secondary N) is 1. The Balaban J connectivity index is 1.21. The number of amides is 3. The highest BCUT2D eigenvalue weighted by molar-refractivity contribution is 6.33. The van der Waals surface area contributed by atoms with E-state index in [0.717, 1.165) is 62.5 Å². The van der Waals surface area contributed by atoms with Crippen molar-refractivity contribution < 1.29 is 14.4 Å². The molecule has 188 valence electrons. The van der Waals surface area contributed by atoms with Crippen LogP contribution in [0.4, 0.5) is 0 Å². The van der Waals surface area contributed by atoms with Gasteiger partial charge < -0.3 is 15.1 Å². The molecule has 1 atom stereocenters. The van der Waals surface area contributed by atoms with E-state index in [1.165, 1.54) is 6.42 Å². The minimum absolute atomic E-state index is 0.0306. The molecule has 2 aromatic rings. The van der Waals surface area contributed by atoms with Crippen molar-refractivity contribution in [1.29, 1.82) is 0 Å². The molecule has 1 spiro atoms. The number of carbonyl (C=O) groups excluding carboxylic acids is 3. The van der Waals surface area contributed by atoms with E-state index in [4.69, 9.17) is 11.6 Å². The van der Waals surface area contributed by atoms with Gasteiger partial charge in [-0.2, -0.15) is 0 Å². The molecule has 7 heteroatoms. The van der Waals surface area contributed by atoms with E-state index >= 15 is 0 Å². The van der Waals surface area contributed by atoms with Gasteiger partial charge in [0.2, 0.25) is 5.91 Å². The summed E-state index contributed by atoms with van der Waals surface area (Å²) >= 11 is 6.22. The topological polar surface area (TPSA) is 69.7 Å². The standard InChI is InChI=1S/C29H32ClN3O3/c30-24-7-3-2-6-22(24)26(34)31-25-13-12-19-8-11-21(16-23(19)25)27(35)32-17-29(14-4-1-5-15-29)33(18-32)28(36)20-9-10-20/h2-3,6-8,11,16,20,25H,1,4-5,9-10,12-15,17-18H2,(H,31,34). The summed E-state index contributed by atoms with van der Waals surface area (Å²) in [7, 11) is 0. The zero-order chi connectivity index (χ0) is 24.9. The van der Waals surface area contributed by atoms with Crippen molar-refractivity contribution in [2.75, 3.05) is 13.2 Å². The first kappa shape index (κ1) is 23.5. The van der Waals surface area contributed by atoms with Crippen molar-refractivity contribution >= 4 is 29.3 Å². The van der Waals surface area contributed by atoms with E-state index in [2.05, 4.69) is 5.32 Å². The van der Waals surface area contributed by atoms with Gasteiger partial charge in [-0.1, -0.05) is 49.1 Å². The summed E-state index contributed by atoms with van der Waals surface area (Å²) in [5, 5.41) is 3.54. The third-order valence-electron chi connectivity index (χ3n) is 8.53. The number of hydrogen-bond donors (Lipinski definition) is 1. The Hall–Kier alpha value is -2.86. The zero-order valence-electron chi connectivity index (χ0n) is 20.5. The molecule has 6 rings (SSSR count). The molecule has 2 saturated carbocycles. The molecule has 2 aromatic carbocycles. The van der Waals surface area contributed by atoms with E-state index in [1.54, 1.807) is 24.3 Å². The van der Waals surface area contributed by atoms with Crippen LogP contribution < -0.4 is 5.32 Å². The summed E-state index contributed by atoms with van der Waals surface area (Å²) in [6.45, 7) is 1.01. The predicted molar refractivity (Wildman–Crippen MR) is 138 cm³/mol. The van der Waals surface area contributed by atoms with Crippen molar-refractivity contribution in [3.63, 3.8) is 0 Å². The second kappa shape index (κ2) is 9.22. The Morgan fingerprint density at radius 3 is 2.50 bits per heavy atom. The Labute approximate surface area is 217 Å². The number of benzene rings is 2. The van der Waals surface area contributed by atoms with Crippen LogP contribution in [0, 0.1) is 5.92 Å². The second-order valence-electron chi connectivity index (χ2n) is 10.9. The van der Waals surface area contributed by atoms with Gasteiger partial charge in [-0.3, -0.25) is 14.4 Å². The van der Waals surface area contributed by atoms with Crippen molar-refractivity contribution in [2.24, 2.45) is 5.92 Å². The van der Waals surface area contributed by atoms with E-state index < -0.39 is 0 Å². The van der Waals surface area contributed by atoms with Crippen molar-refractivity contribution in [3.8, 4) is 0 Å². The van der Waals surface area contributed by atoms with Crippen LogP contribution in [0.25, 0.3) is 0 Å². The first-order chi connectivity index (χ1) is 17.4. The van der Waals surface area contributed by atoms with Gasteiger partial charge in [0.05, 0.1) is 28.8 Å². The molecule has 0 radical (unpaired) electrons. The average Bonchev–Trinajstić information content (AvgIpc) is 3.59. The van der Waals surface area contributed by atoms with Gasteiger partial charge in [-0.05, 0) is 73.9 Å². The number of nitrogens with zero attached hydrogens (tertiary/aromatic N) is 2. The quantitative estimate of drug-likeness (QED) is 0.627. The van der Waals surface area contributed by atoms with E-state index in [0.29, 0.717) is 29.4 Å². The minimum Gasteiger partial charge on any atom is -0.345 e. The molecule has 3 fully saturated rings. The number of halogens is 1. The van der Waals surface area contributed by atoms with Gasteiger partial charge in [0.15, 0.2) is 0 Å². The van der Waals surface area contributed by atoms with Crippen LogP contribution in [-0.2, 0) is 11.2 Å². The first-order valence-electron chi connectivity index (χ1n) is 13.2. The fourth-order valence-corrected chi connectivity index (χ4v) is 6.61. The largest absolute Gasteiger partial charge is 0.345 e. The van der Waals surface area contributed by atoms with E-state index in [1.807, 2.05) is 28.0 Å². The molecule has 1 heterocycles. The van der Waals surface area contributed by atoms with Crippen molar-refractivity contribution in [1.82, 2.24) is 15.1 Å². The molecular formula is C29H32ClN3O3. The van der Waals surface area contributed by atoms with Gasteiger partial charge >= 0.3 is 0 Å². The lowest BCUT2D eigenvalue weighted by Gasteiger charge is -2.40. The molecule has 0 aromatic heterocycles. The third kappa shape index (κ3) is 4.19. The Kier molecular flexibility index (Phi) is 6.03. The molecule has 1 saturated heterocycles. The lowest BCUT2D eigenvalue weighted by Crippen LogP contribution is -2.50. The SMILES string of the molecule is O=C(NC1CCc2ccc(C(=O)N3CN(C(=O)C4CC4)C4(CCCCC4)C3)cc21)c1ccccc1Cl. The molecule has 4 aliphatic rings. The summed E-state index contributed by atoms with van der Waals surface area (Å²) < 4.78 is 0. The van der Waals surface area contributed by atoms with Gasteiger partial charge in [0.1, 0.15) is 0 Å². The number of rotatable bonds is 4. The summed E-state index contributed by atoms with van der Waals surface area (Å²) in [5.41, 5.74) is 3.04. The Morgan fingerprint density at radius 1 is 0.972 bits per heavy atom. The van der Waals surface area contributed by atoms with Crippen LogP contribution in [0.15, 0.2) is 42.5 Å². The summed E-state index contributed by atoms with van der Waals surface area (Å²) in [6.07, 6.45) is 8.99. The maximum absolute atomic E-state index is 13.7. The minimum atomic E-state index is -0.205. The van der Waals surface area contributed by atoms with E-state index in [-0.39, 0.29) is 35.2 Å². The average molecular weight is 506 g/mol. The number of hydrogen-bond acceptors (Lipinski definition) is 3. The van der Waals surface area contributed by atoms with Crippen LogP contribution >= 0.6 is 11.6 Å². The van der Waals surface area contributed by atoms with Crippen LogP contribution in [-0.4, -0.2) is 46.3 Å². The fourth-order valence-electron chi connectivity index (χ4n) is 6.39. The van der Waals surface area contributed by atoms with Crippen LogP contribution in [0.1, 0.15) is 89.3 Å². The lowest BCUT2D eigenvalue weighted by molar-refractivity contribution is -0.137. The highest BCUT2D eigenvalue weighted by atomic mass is 35.5. The van der Waals surface area contributed by atoms with Gasteiger partial charge in [-0.25, -0.2) is 0 Å². The number of aryl methyl sites for hydroxylation is 1. The third-order valence-corrected chi connectivity index (χ3v) is 8.86. The maximum Gasteiger partial charge on any atom is 0.255 e. The normalized spacial score (nSPS) is 22.5. The summed E-state index contributed by atoms with van der Waals surface area (Å²) in [4.78, 5) is 43.7. The monoisotopic (exact) mass is 505 g/mol. The van der Waals surface area contributed by atoms with Crippen molar-refractivity contribution in [2.45, 2.75) is 69.4 Å². The summed E-state index contributed by atoms with van der Waals surface area (Å²) in [6, 6.07) is 12.7. The van der Waals surface area contributed by atoms with Gasteiger partial charge in [0.25, 0.3) is 11.8 Å². The molecule has 1 unspecified atom stereocenters. The molecule has 36 heavy (non-hydrogen) atoms. The van der Waals surface area contributed by atoms with Crippen LogP contribution in [0.3, 0.4) is 0 Å². The molecule has 1 N–H and O–H groups in total. The summed E-state index contributed by atoms with van der Waals surface area (Å²) in [5.74, 6) is 0.157. The Morgan fingerprint density at radius 2 is 1.75 bits per heavy atom. The van der Waals surface area contributed by atoms with Crippen LogP contribution in [0.2, 0.25) is 5.02 Å². The highest BCUT2D eigenvalue weighted by Gasteiger charge is 2.51. The predicted octanol–water partition coefficient (Wildman–Crippen LogP) is 5.11. The smallest absolute Gasteiger partial charge is 0.255 e. The van der Waals surface area contributed by atoms with Crippen LogP contribution in [0.5, 0.6) is 0 Å². The molecule has 1 aliphatic heterocycles.